The number of hydrogen-bond acceptors (Lipinski definition) is 2. The van der Waals surface area contributed by atoms with Crippen molar-refractivity contribution in [1.29, 1.82) is 0 Å². The molecule has 0 heterocycles. The number of nitrogens with two attached hydrogens (primary N) is 1. The first kappa shape index (κ1) is 16.5. The second-order valence-corrected chi connectivity index (χ2v) is 7.71. The molecule has 0 saturated heterocycles. The maximum atomic E-state index is 5.97. The molecule has 0 aromatic heterocycles. The van der Waals surface area contributed by atoms with Gasteiger partial charge in [-0.15, -0.1) is 0 Å². The van der Waals surface area contributed by atoms with Crippen molar-refractivity contribution in [3.05, 3.63) is 35.4 Å². The van der Waals surface area contributed by atoms with Crippen LogP contribution < -0.4 is 5.73 Å². The van der Waals surface area contributed by atoms with E-state index in [9.17, 15) is 0 Å². The zero-order valence-electron chi connectivity index (χ0n) is 14.2. The predicted molar refractivity (Wildman–Crippen MR) is 91.4 cm³/mol. The SMILES string of the molecule is CN(Cc1ccc(C(C)(C)C)cc1)C1CCCCC1CN. The summed E-state index contributed by atoms with van der Waals surface area (Å²) in [7, 11) is 2.26. The van der Waals surface area contributed by atoms with Gasteiger partial charge in [0.25, 0.3) is 0 Å². The third kappa shape index (κ3) is 4.31. The Morgan fingerprint density at radius 2 is 1.71 bits per heavy atom. The van der Waals surface area contributed by atoms with Crippen LogP contribution in [0.25, 0.3) is 0 Å². The van der Waals surface area contributed by atoms with Crippen LogP contribution in [-0.2, 0) is 12.0 Å². The van der Waals surface area contributed by atoms with Gasteiger partial charge >= 0.3 is 0 Å². The van der Waals surface area contributed by atoms with Crippen molar-refractivity contribution >= 4 is 0 Å². The van der Waals surface area contributed by atoms with E-state index in [4.69, 9.17) is 5.73 Å². The maximum Gasteiger partial charge on any atom is 0.0233 e. The van der Waals surface area contributed by atoms with Gasteiger partial charge in [0.05, 0.1) is 0 Å². The fourth-order valence-electron chi connectivity index (χ4n) is 3.56. The summed E-state index contributed by atoms with van der Waals surface area (Å²) in [5, 5.41) is 0. The molecule has 0 amide bonds. The predicted octanol–water partition coefficient (Wildman–Crippen LogP) is 3.93. The molecule has 1 aromatic carbocycles. The minimum absolute atomic E-state index is 0.235. The van der Waals surface area contributed by atoms with Crippen LogP contribution in [0.4, 0.5) is 0 Å². The van der Waals surface area contributed by atoms with Crippen LogP contribution in [0.2, 0.25) is 0 Å². The second kappa shape index (κ2) is 6.93. The summed E-state index contributed by atoms with van der Waals surface area (Å²) < 4.78 is 0. The highest BCUT2D eigenvalue weighted by Gasteiger charge is 2.27. The topological polar surface area (TPSA) is 29.3 Å². The average molecular weight is 288 g/mol. The molecule has 2 N–H and O–H groups in total. The van der Waals surface area contributed by atoms with E-state index in [-0.39, 0.29) is 5.41 Å². The lowest BCUT2D eigenvalue weighted by atomic mass is 9.83. The number of nitrogens with zero attached hydrogens (tertiary/aromatic N) is 1. The molecule has 1 aromatic rings. The van der Waals surface area contributed by atoms with Crippen LogP contribution in [0.3, 0.4) is 0 Å². The molecule has 0 radical (unpaired) electrons. The maximum absolute atomic E-state index is 5.97. The van der Waals surface area contributed by atoms with Crippen LogP contribution in [0.15, 0.2) is 24.3 Å². The average Bonchev–Trinajstić information content (AvgIpc) is 2.46. The molecule has 0 bridgehead atoms. The number of hydrogen-bond donors (Lipinski definition) is 1. The van der Waals surface area contributed by atoms with Crippen molar-refractivity contribution in [2.75, 3.05) is 13.6 Å². The molecule has 2 atom stereocenters. The lowest BCUT2D eigenvalue weighted by molar-refractivity contribution is 0.127. The summed E-state index contributed by atoms with van der Waals surface area (Å²) >= 11 is 0. The molecule has 1 saturated carbocycles. The molecule has 2 heteroatoms. The second-order valence-electron chi connectivity index (χ2n) is 7.71. The highest BCUT2D eigenvalue weighted by Crippen LogP contribution is 2.28. The summed E-state index contributed by atoms with van der Waals surface area (Å²) in [4.78, 5) is 2.52. The van der Waals surface area contributed by atoms with E-state index in [1.807, 2.05) is 0 Å². The standard InChI is InChI=1S/C19H32N2/c1-19(2,3)17-11-9-15(10-12-17)14-21(4)18-8-6-5-7-16(18)13-20/h9-12,16,18H,5-8,13-14,20H2,1-4H3. The molecule has 2 nitrogen and oxygen atoms in total. The van der Waals surface area contributed by atoms with E-state index >= 15 is 0 Å². The molecule has 0 spiro atoms. The van der Waals surface area contributed by atoms with Gasteiger partial charge in [-0.05, 0) is 48.9 Å². The van der Waals surface area contributed by atoms with Crippen molar-refractivity contribution in [3.8, 4) is 0 Å². The summed E-state index contributed by atoms with van der Waals surface area (Å²) in [6, 6.07) is 9.80. The van der Waals surface area contributed by atoms with Crippen LogP contribution in [0, 0.1) is 5.92 Å². The molecule has 0 aliphatic heterocycles. The number of rotatable bonds is 4. The Morgan fingerprint density at radius 3 is 2.29 bits per heavy atom. The first-order valence-electron chi connectivity index (χ1n) is 8.41. The first-order chi connectivity index (χ1) is 9.91. The summed E-state index contributed by atoms with van der Waals surface area (Å²) in [6.07, 6.45) is 5.31. The van der Waals surface area contributed by atoms with Crippen LogP contribution in [0.5, 0.6) is 0 Å². The van der Waals surface area contributed by atoms with E-state index < -0.39 is 0 Å². The Kier molecular flexibility index (Phi) is 5.45. The Morgan fingerprint density at radius 1 is 1.10 bits per heavy atom. The number of benzene rings is 1. The van der Waals surface area contributed by atoms with Crippen molar-refractivity contribution in [2.45, 2.75) is 64.5 Å². The fraction of sp³-hybridized carbons (Fsp3) is 0.684. The summed E-state index contributed by atoms with van der Waals surface area (Å²) in [6.45, 7) is 8.66. The molecule has 1 aliphatic carbocycles. The Labute approximate surface area is 130 Å². The summed E-state index contributed by atoms with van der Waals surface area (Å²) in [5.41, 5.74) is 9.02. The molecule has 118 valence electrons. The fourth-order valence-corrected chi connectivity index (χ4v) is 3.56. The third-order valence-electron chi connectivity index (χ3n) is 4.99. The van der Waals surface area contributed by atoms with Gasteiger partial charge in [0.1, 0.15) is 0 Å². The normalized spacial score (nSPS) is 23.5. The van der Waals surface area contributed by atoms with E-state index in [2.05, 4.69) is 57.0 Å². The zero-order valence-corrected chi connectivity index (χ0v) is 14.2. The molecular weight excluding hydrogens is 256 g/mol. The van der Waals surface area contributed by atoms with Crippen molar-refractivity contribution in [1.82, 2.24) is 4.90 Å². The molecule has 21 heavy (non-hydrogen) atoms. The van der Waals surface area contributed by atoms with E-state index in [1.165, 1.54) is 36.8 Å². The van der Waals surface area contributed by atoms with Crippen molar-refractivity contribution < 1.29 is 0 Å². The van der Waals surface area contributed by atoms with Crippen LogP contribution in [-0.4, -0.2) is 24.5 Å². The molecule has 1 fully saturated rings. The highest BCUT2D eigenvalue weighted by atomic mass is 15.1. The van der Waals surface area contributed by atoms with Gasteiger partial charge in [-0.2, -0.15) is 0 Å². The Hall–Kier alpha value is -0.860. The first-order valence-corrected chi connectivity index (χ1v) is 8.41. The van der Waals surface area contributed by atoms with Gasteiger partial charge in [-0.3, -0.25) is 4.90 Å². The van der Waals surface area contributed by atoms with Gasteiger partial charge in [0.15, 0.2) is 0 Å². The third-order valence-corrected chi connectivity index (χ3v) is 4.99. The minimum atomic E-state index is 0.235. The lowest BCUT2D eigenvalue weighted by Crippen LogP contribution is -2.42. The van der Waals surface area contributed by atoms with Gasteiger partial charge in [-0.25, -0.2) is 0 Å². The van der Waals surface area contributed by atoms with Gasteiger partial charge < -0.3 is 5.73 Å². The van der Waals surface area contributed by atoms with Crippen molar-refractivity contribution in [3.63, 3.8) is 0 Å². The summed E-state index contributed by atoms with van der Waals surface area (Å²) in [5.74, 6) is 0.678. The van der Waals surface area contributed by atoms with Gasteiger partial charge in [0, 0.05) is 12.6 Å². The van der Waals surface area contributed by atoms with E-state index in [0.717, 1.165) is 13.1 Å². The minimum Gasteiger partial charge on any atom is -0.330 e. The largest absolute Gasteiger partial charge is 0.330 e. The van der Waals surface area contributed by atoms with Crippen LogP contribution >= 0.6 is 0 Å². The van der Waals surface area contributed by atoms with Gasteiger partial charge in [-0.1, -0.05) is 57.9 Å². The monoisotopic (exact) mass is 288 g/mol. The lowest BCUT2D eigenvalue weighted by Gasteiger charge is -2.37. The van der Waals surface area contributed by atoms with Crippen molar-refractivity contribution in [2.24, 2.45) is 11.7 Å². The highest BCUT2D eigenvalue weighted by molar-refractivity contribution is 5.27. The van der Waals surface area contributed by atoms with E-state index in [0.29, 0.717) is 12.0 Å². The molecular formula is C19H32N2. The molecule has 2 rings (SSSR count). The molecule has 1 aliphatic rings. The smallest absolute Gasteiger partial charge is 0.0233 e. The Balaban J connectivity index is 2.00. The van der Waals surface area contributed by atoms with Crippen LogP contribution in [0.1, 0.15) is 57.6 Å². The van der Waals surface area contributed by atoms with E-state index in [1.54, 1.807) is 0 Å². The Bertz CT molecular complexity index is 430. The quantitative estimate of drug-likeness (QED) is 0.909. The molecule has 2 unspecified atom stereocenters. The zero-order chi connectivity index (χ0) is 15.5. The van der Waals surface area contributed by atoms with Gasteiger partial charge in [0.2, 0.25) is 0 Å².